The number of alkyl halides is 3. The Morgan fingerprint density at radius 3 is 2.61 bits per heavy atom. The van der Waals surface area contributed by atoms with Gasteiger partial charge < -0.3 is 5.32 Å². The van der Waals surface area contributed by atoms with E-state index in [1.807, 2.05) is 4.90 Å². The minimum Gasteiger partial charge on any atom is -0.314 e. The van der Waals surface area contributed by atoms with Crippen molar-refractivity contribution in [3.05, 3.63) is 30.1 Å². The summed E-state index contributed by atoms with van der Waals surface area (Å²) in [6.45, 7) is 2.73. The van der Waals surface area contributed by atoms with Gasteiger partial charge in [0.2, 0.25) is 0 Å². The molecule has 2 heterocycles. The van der Waals surface area contributed by atoms with E-state index < -0.39 is 18.6 Å². The fraction of sp³-hybridized carbons (Fsp3) is 0.583. The number of hydrogen-bond donors (Lipinski definition) is 1. The van der Waals surface area contributed by atoms with E-state index in [9.17, 15) is 13.2 Å². The van der Waals surface area contributed by atoms with Crippen LogP contribution in [0.2, 0.25) is 0 Å². The molecule has 100 valence electrons. The van der Waals surface area contributed by atoms with Gasteiger partial charge in [0, 0.05) is 44.6 Å². The van der Waals surface area contributed by atoms with Gasteiger partial charge in [-0.3, -0.25) is 9.88 Å². The zero-order valence-electron chi connectivity index (χ0n) is 9.95. The minimum atomic E-state index is -4.16. The number of nitrogens with zero attached hydrogens (tertiary/aromatic N) is 2. The summed E-state index contributed by atoms with van der Waals surface area (Å²) in [6.07, 6.45) is -1.88. The molecular weight excluding hydrogens is 243 g/mol. The molecule has 1 atom stereocenters. The summed E-state index contributed by atoms with van der Waals surface area (Å²) < 4.78 is 38.1. The summed E-state index contributed by atoms with van der Waals surface area (Å²) >= 11 is 0. The molecule has 3 nitrogen and oxygen atoms in total. The third kappa shape index (κ3) is 3.68. The van der Waals surface area contributed by atoms with Crippen molar-refractivity contribution in [1.82, 2.24) is 15.2 Å². The molecule has 1 aliphatic rings. The molecule has 1 aliphatic heterocycles. The van der Waals surface area contributed by atoms with Crippen LogP contribution in [0.1, 0.15) is 18.0 Å². The molecule has 0 aromatic carbocycles. The van der Waals surface area contributed by atoms with E-state index in [1.54, 1.807) is 18.3 Å². The number of rotatable bonds is 3. The Kier molecular flexibility index (Phi) is 4.19. The Hall–Kier alpha value is -1.14. The van der Waals surface area contributed by atoms with Gasteiger partial charge >= 0.3 is 6.18 Å². The Morgan fingerprint density at radius 1 is 1.33 bits per heavy atom. The van der Waals surface area contributed by atoms with Crippen LogP contribution in [-0.4, -0.2) is 42.2 Å². The second-order valence-corrected chi connectivity index (χ2v) is 4.41. The zero-order chi connectivity index (χ0) is 13.0. The molecule has 0 bridgehead atoms. The van der Waals surface area contributed by atoms with Gasteiger partial charge in [-0.25, -0.2) is 0 Å². The molecule has 0 amide bonds. The van der Waals surface area contributed by atoms with Crippen molar-refractivity contribution in [2.45, 2.75) is 18.6 Å². The molecule has 1 fully saturated rings. The van der Waals surface area contributed by atoms with E-state index in [-0.39, 0.29) is 0 Å². The topological polar surface area (TPSA) is 28.2 Å². The van der Waals surface area contributed by atoms with Gasteiger partial charge in [0.1, 0.15) is 0 Å². The summed E-state index contributed by atoms with van der Waals surface area (Å²) in [6, 6.07) is 2.77. The summed E-state index contributed by atoms with van der Waals surface area (Å²) in [5.41, 5.74) is 0.636. The molecule has 1 aromatic heterocycles. The SMILES string of the molecule is FC(F)(F)C[C@H](c1cccnc1)N1CCNCC1. The summed E-state index contributed by atoms with van der Waals surface area (Å²) in [7, 11) is 0. The Bertz CT molecular complexity index is 361. The van der Waals surface area contributed by atoms with Crippen molar-refractivity contribution >= 4 is 0 Å². The lowest BCUT2D eigenvalue weighted by molar-refractivity contribution is -0.148. The highest BCUT2D eigenvalue weighted by Crippen LogP contribution is 2.33. The van der Waals surface area contributed by atoms with E-state index in [0.29, 0.717) is 18.7 Å². The lowest BCUT2D eigenvalue weighted by atomic mass is 10.0. The van der Waals surface area contributed by atoms with Gasteiger partial charge in [0.25, 0.3) is 0 Å². The van der Waals surface area contributed by atoms with Crippen molar-refractivity contribution in [2.24, 2.45) is 0 Å². The Morgan fingerprint density at radius 2 is 2.06 bits per heavy atom. The molecular formula is C12H16F3N3. The molecule has 1 saturated heterocycles. The van der Waals surface area contributed by atoms with Gasteiger partial charge in [-0.15, -0.1) is 0 Å². The van der Waals surface area contributed by atoms with E-state index in [2.05, 4.69) is 10.3 Å². The molecule has 6 heteroatoms. The third-order valence-electron chi connectivity index (χ3n) is 3.09. The van der Waals surface area contributed by atoms with Crippen molar-refractivity contribution in [1.29, 1.82) is 0 Å². The first-order valence-electron chi connectivity index (χ1n) is 5.98. The first-order valence-corrected chi connectivity index (χ1v) is 5.98. The molecule has 0 aliphatic carbocycles. The van der Waals surface area contributed by atoms with E-state index in [0.717, 1.165) is 13.1 Å². The van der Waals surface area contributed by atoms with Gasteiger partial charge in [0.15, 0.2) is 0 Å². The highest BCUT2D eigenvalue weighted by Gasteiger charge is 2.35. The van der Waals surface area contributed by atoms with Gasteiger partial charge in [-0.05, 0) is 11.6 Å². The summed E-state index contributed by atoms with van der Waals surface area (Å²) in [5, 5.41) is 3.15. The Labute approximate surface area is 104 Å². The first kappa shape index (κ1) is 13.3. The molecule has 1 N–H and O–H groups in total. The van der Waals surface area contributed by atoms with Crippen LogP contribution in [0.15, 0.2) is 24.5 Å². The van der Waals surface area contributed by atoms with Crippen LogP contribution in [0, 0.1) is 0 Å². The quantitative estimate of drug-likeness (QED) is 0.899. The van der Waals surface area contributed by atoms with Crippen molar-refractivity contribution < 1.29 is 13.2 Å². The maximum absolute atomic E-state index is 12.7. The van der Waals surface area contributed by atoms with Crippen LogP contribution in [0.25, 0.3) is 0 Å². The van der Waals surface area contributed by atoms with E-state index >= 15 is 0 Å². The second-order valence-electron chi connectivity index (χ2n) is 4.41. The average molecular weight is 259 g/mol. The van der Waals surface area contributed by atoms with E-state index in [1.165, 1.54) is 6.20 Å². The van der Waals surface area contributed by atoms with Gasteiger partial charge in [-0.2, -0.15) is 13.2 Å². The lowest BCUT2D eigenvalue weighted by Crippen LogP contribution is -2.46. The predicted octanol–water partition coefficient (Wildman–Crippen LogP) is 1.98. The van der Waals surface area contributed by atoms with Crippen molar-refractivity contribution in [3.63, 3.8) is 0 Å². The molecule has 18 heavy (non-hydrogen) atoms. The number of hydrogen-bond acceptors (Lipinski definition) is 3. The lowest BCUT2D eigenvalue weighted by Gasteiger charge is -2.35. The third-order valence-corrected chi connectivity index (χ3v) is 3.09. The number of pyridine rings is 1. The molecule has 0 spiro atoms. The number of aromatic nitrogens is 1. The van der Waals surface area contributed by atoms with Crippen molar-refractivity contribution in [2.75, 3.05) is 26.2 Å². The normalized spacial score (nSPS) is 19.7. The first-order chi connectivity index (χ1) is 8.56. The van der Waals surface area contributed by atoms with Crippen LogP contribution < -0.4 is 5.32 Å². The van der Waals surface area contributed by atoms with Crippen LogP contribution in [0.5, 0.6) is 0 Å². The number of halogens is 3. The zero-order valence-corrected chi connectivity index (χ0v) is 9.95. The Balaban J connectivity index is 2.17. The minimum absolute atomic E-state index is 0.624. The molecule has 1 aromatic rings. The smallest absolute Gasteiger partial charge is 0.314 e. The van der Waals surface area contributed by atoms with Crippen LogP contribution in [0.3, 0.4) is 0 Å². The van der Waals surface area contributed by atoms with Crippen LogP contribution in [-0.2, 0) is 0 Å². The average Bonchev–Trinajstić information content (AvgIpc) is 2.37. The summed E-state index contributed by atoms with van der Waals surface area (Å²) in [5.74, 6) is 0. The second kappa shape index (κ2) is 5.67. The number of piperazine rings is 1. The fourth-order valence-corrected chi connectivity index (χ4v) is 2.24. The predicted molar refractivity (Wildman–Crippen MR) is 62.1 cm³/mol. The molecule has 0 saturated carbocycles. The maximum Gasteiger partial charge on any atom is 0.390 e. The fourth-order valence-electron chi connectivity index (χ4n) is 2.24. The number of nitrogens with one attached hydrogen (secondary N) is 1. The molecule has 0 unspecified atom stereocenters. The standard InChI is InChI=1S/C12H16F3N3/c13-12(14,15)8-11(10-2-1-3-17-9-10)18-6-4-16-5-7-18/h1-3,9,11,16H,4-8H2/t11-/m1/s1. The largest absolute Gasteiger partial charge is 0.390 e. The van der Waals surface area contributed by atoms with Crippen LogP contribution >= 0.6 is 0 Å². The van der Waals surface area contributed by atoms with Crippen molar-refractivity contribution in [3.8, 4) is 0 Å². The van der Waals surface area contributed by atoms with Crippen LogP contribution in [0.4, 0.5) is 13.2 Å². The molecule has 0 radical (unpaired) electrons. The monoisotopic (exact) mass is 259 g/mol. The van der Waals surface area contributed by atoms with Gasteiger partial charge in [-0.1, -0.05) is 6.07 Å². The molecule has 2 rings (SSSR count). The van der Waals surface area contributed by atoms with E-state index in [4.69, 9.17) is 0 Å². The highest BCUT2D eigenvalue weighted by molar-refractivity contribution is 5.14. The highest BCUT2D eigenvalue weighted by atomic mass is 19.4. The summed E-state index contributed by atoms with van der Waals surface area (Å²) in [4.78, 5) is 5.80. The van der Waals surface area contributed by atoms with Gasteiger partial charge in [0.05, 0.1) is 6.42 Å². The maximum atomic E-state index is 12.7.